The van der Waals surface area contributed by atoms with Crippen molar-refractivity contribution < 1.29 is 0 Å². The summed E-state index contributed by atoms with van der Waals surface area (Å²) in [4.78, 5) is 13.1. The highest BCUT2D eigenvalue weighted by Crippen LogP contribution is 2.62. The Morgan fingerprint density at radius 3 is 1.50 bits per heavy atom. The van der Waals surface area contributed by atoms with Crippen LogP contribution in [0.4, 0.5) is 0 Å². The average Bonchev–Trinajstić information content (AvgIpc) is 3.57. The van der Waals surface area contributed by atoms with Crippen LogP contribution in [0.15, 0.2) is 216 Å². The number of rotatable bonds is 5. The molecule has 0 bridgehead atoms. The summed E-state index contributed by atoms with van der Waals surface area (Å²) in [5.41, 5.74) is 17.1. The van der Waals surface area contributed by atoms with E-state index in [1.165, 1.54) is 54.3 Å². The predicted molar refractivity (Wildman–Crippen MR) is 231 cm³/mol. The molecule has 0 fully saturated rings. The minimum atomic E-state index is -0.422. The van der Waals surface area contributed by atoms with Crippen molar-refractivity contribution in [2.75, 3.05) is 0 Å². The lowest BCUT2D eigenvalue weighted by atomic mass is 9.67. The van der Waals surface area contributed by atoms with E-state index in [1.54, 1.807) is 0 Å². The third kappa shape index (κ3) is 5.20. The zero-order valence-electron chi connectivity index (χ0n) is 30.4. The van der Waals surface area contributed by atoms with E-state index in [9.17, 15) is 0 Å². The molecule has 11 rings (SSSR count). The predicted octanol–water partition coefficient (Wildman–Crippen LogP) is 13.6. The first-order valence-corrected chi connectivity index (χ1v) is 19.9. The molecular formula is C53H34N2S. The SMILES string of the molecule is c1ccc(-c2cccc(-c3cc(-c4ccccc4)nc(-c4cccc(-c5ccc6c(c5)C5(c7ccccc7S6)c6ccccc6-c6ccccc65)c4)n3)c2)cc1. The Bertz CT molecular complexity index is 2910. The summed E-state index contributed by atoms with van der Waals surface area (Å²) < 4.78 is 0. The second kappa shape index (κ2) is 13.2. The molecule has 9 aromatic rings. The minimum Gasteiger partial charge on any atom is -0.228 e. The quantitative estimate of drug-likeness (QED) is 0.176. The minimum absolute atomic E-state index is 0.422. The summed E-state index contributed by atoms with van der Waals surface area (Å²) in [6.45, 7) is 0. The Morgan fingerprint density at radius 2 is 0.786 bits per heavy atom. The van der Waals surface area contributed by atoms with Crippen molar-refractivity contribution in [3.63, 3.8) is 0 Å². The molecule has 2 nitrogen and oxygen atoms in total. The monoisotopic (exact) mass is 730 g/mol. The van der Waals surface area contributed by atoms with E-state index in [0.717, 1.165) is 39.2 Å². The maximum absolute atomic E-state index is 5.26. The normalized spacial score (nSPS) is 13.1. The first kappa shape index (κ1) is 32.6. The molecule has 1 spiro atoms. The van der Waals surface area contributed by atoms with Crippen LogP contribution in [0.5, 0.6) is 0 Å². The topological polar surface area (TPSA) is 25.8 Å². The molecule has 2 heterocycles. The lowest BCUT2D eigenvalue weighted by Gasteiger charge is -2.40. The van der Waals surface area contributed by atoms with Crippen LogP contribution in [-0.4, -0.2) is 9.97 Å². The van der Waals surface area contributed by atoms with Gasteiger partial charge in [-0.15, -0.1) is 0 Å². The highest BCUT2D eigenvalue weighted by molar-refractivity contribution is 7.99. The molecule has 0 amide bonds. The van der Waals surface area contributed by atoms with Gasteiger partial charge in [0.05, 0.1) is 16.8 Å². The molecule has 1 aliphatic heterocycles. The van der Waals surface area contributed by atoms with E-state index in [1.807, 2.05) is 17.8 Å². The van der Waals surface area contributed by atoms with Crippen molar-refractivity contribution in [1.29, 1.82) is 0 Å². The molecular weight excluding hydrogens is 697 g/mol. The Hall–Kier alpha value is -6.81. The van der Waals surface area contributed by atoms with Gasteiger partial charge in [-0.25, -0.2) is 9.97 Å². The molecule has 0 saturated carbocycles. The Balaban J connectivity index is 1.07. The third-order valence-corrected chi connectivity index (χ3v) is 12.5. The summed E-state index contributed by atoms with van der Waals surface area (Å²) in [5.74, 6) is 0.700. The van der Waals surface area contributed by atoms with E-state index in [0.29, 0.717) is 5.82 Å². The van der Waals surface area contributed by atoms with Crippen molar-refractivity contribution in [3.8, 4) is 67.3 Å². The Kier molecular flexibility index (Phi) is 7.68. The fourth-order valence-electron chi connectivity index (χ4n) is 8.84. The number of hydrogen-bond donors (Lipinski definition) is 0. The molecule has 262 valence electrons. The summed E-state index contributed by atoms with van der Waals surface area (Å²) >= 11 is 1.88. The highest BCUT2D eigenvalue weighted by atomic mass is 32.2. The summed E-state index contributed by atoms with van der Waals surface area (Å²) in [6.07, 6.45) is 0. The van der Waals surface area contributed by atoms with Crippen LogP contribution in [0.25, 0.3) is 67.3 Å². The van der Waals surface area contributed by atoms with Crippen LogP contribution >= 0.6 is 11.8 Å². The van der Waals surface area contributed by atoms with Crippen molar-refractivity contribution in [2.45, 2.75) is 15.2 Å². The summed E-state index contributed by atoms with van der Waals surface area (Å²) in [7, 11) is 0. The van der Waals surface area contributed by atoms with E-state index in [-0.39, 0.29) is 0 Å². The van der Waals surface area contributed by atoms with Gasteiger partial charge in [-0.05, 0) is 92.0 Å². The van der Waals surface area contributed by atoms with Gasteiger partial charge in [0, 0.05) is 26.5 Å². The van der Waals surface area contributed by atoms with Gasteiger partial charge < -0.3 is 0 Å². The number of hydrogen-bond acceptors (Lipinski definition) is 3. The zero-order chi connectivity index (χ0) is 37.1. The smallest absolute Gasteiger partial charge is 0.160 e. The van der Waals surface area contributed by atoms with Crippen LogP contribution < -0.4 is 0 Å². The summed E-state index contributed by atoms with van der Waals surface area (Å²) in [5, 5.41) is 0. The molecule has 2 aliphatic rings. The van der Waals surface area contributed by atoms with E-state index in [2.05, 4.69) is 200 Å². The van der Waals surface area contributed by atoms with Crippen molar-refractivity contribution in [1.82, 2.24) is 9.97 Å². The maximum atomic E-state index is 5.26. The van der Waals surface area contributed by atoms with Crippen molar-refractivity contribution >= 4 is 11.8 Å². The molecule has 1 aliphatic carbocycles. The second-order valence-corrected chi connectivity index (χ2v) is 15.6. The maximum Gasteiger partial charge on any atom is 0.160 e. The number of nitrogens with zero attached hydrogens (tertiary/aromatic N) is 2. The fourth-order valence-corrected chi connectivity index (χ4v) is 10.0. The first-order chi connectivity index (χ1) is 27.7. The molecule has 0 radical (unpaired) electrons. The largest absolute Gasteiger partial charge is 0.228 e. The molecule has 0 saturated heterocycles. The first-order valence-electron chi connectivity index (χ1n) is 19.1. The summed E-state index contributed by atoms with van der Waals surface area (Å²) in [6, 6.07) is 74.4. The molecule has 0 atom stereocenters. The lowest BCUT2D eigenvalue weighted by molar-refractivity contribution is 0.723. The van der Waals surface area contributed by atoms with Crippen LogP contribution in [0, 0.1) is 0 Å². The van der Waals surface area contributed by atoms with Gasteiger partial charge >= 0.3 is 0 Å². The number of fused-ring (bicyclic) bond motifs is 9. The molecule has 0 N–H and O–H groups in total. The van der Waals surface area contributed by atoms with Gasteiger partial charge in [-0.3, -0.25) is 0 Å². The van der Waals surface area contributed by atoms with Gasteiger partial charge in [-0.1, -0.05) is 182 Å². The number of benzene rings is 8. The van der Waals surface area contributed by atoms with Gasteiger partial charge in [0.2, 0.25) is 0 Å². The van der Waals surface area contributed by atoms with Crippen LogP contribution in [0.3, 0.4) is 0 Å². The van der Waals surface area contributed by atoms with Crippen molar-refractivity contribution in [2.24, 2.45) is 0 Å². The highest BCUT2D eigenvalue weighted by Gasteiger charge is 2.50. The van der Waals surface area contributed by atoms with Gasteiger partial charge in [0.15, 0.2) is 5.82 Å². The Morgan fingerprint density at radius 1 is 0.304 bits per heavy atom. The molecule has 8 aromatic carbocycles. The molecule has 3 heteroatoms. The average molecular weight is 731 g/mol. The van der Waals surface area contributed by atoms with Gasteiger partial charge in [-0.2, -0.15) is 0 Å². The standard InChI is InChI=1S/C53H34N2S/c1-3-15-35(16-4-1)37-19-13-21-40(31-37)49-34-48(36-17-5-2-6-18-36)54-52(55-49)41-22-14-20-38(32-41)39-29-30-51-47(33-39)53(46-27-11-12-28-50(46)56-51)44-25-9-7-23-42(44)43-24-8-10-26-45(43)53/h1-34H. The van der Waals surface area contributed by atoms with Crippen LogP contribution in [0.2, 0.25) is 0 Å². The van der Waals surface area contributed by atoms with E-state index < -0.39 is 5.41 Å². The molecule has 0 unspecified atom stereocenters. The molecule has 56 heavy (non-hydrogen) atoms. The van der Waals surface area contributed by atoms with Gasteiger partial charge in [0.1, 0.15) is 0 Å². The van der Waals surface area contributed by atoms with E-state index >= 15 is 0 Å². The third-order valence-electron chi connectivity index (χ3n) is 11.4. The zero-order valence-corrected chi connectivity index (χ0v) is 31.2. The Labute approximate surface area is 331 Å². The van der Waals surface area contributed by atoms with Gasteiger partial charge in [0.25, 0.3) is 0 Å². The fraction of sp³-hybridized carbons (Fsp3) is 0.0189. The van der Waals surface area contributed by atoms with Crippen LogP contribution in [-0.2, 0) is 5.41 Å². The van der Waals surface area contributed by atoms with Crippen molar-refractivity contribution in [3.05, 3.63) is 229 Å². The number of aromatic nitrogens is 2. The molecule has 1 aromatic heterocycles. The van der Waals surface area contributed by atoms with E-state index in [4.69, 9.17) is 9.97 Å². The second-order valence-electron chi connectivity index (χ2n) is 14.5. The van der Waals surface area contributed by atoms with Crippen LogP contribution in [0.1, 0.15) is 22.3 Å². The lowest BCUT2D eigenvalue weighted by Crippen LogP contribution is -2.32.